The van der Waals surface area contributed by atoms with E-state index in [-0.39, 0.29) is 11.7 Å². The minimum Gasteiger partial charge on any atom is -0.385 e. The first-order chi connectivity index (χ1) is 8.27. The van der Waals surface area contributed by atoms with E-state index in [1.54, 1.807) is 6.07 Å². The Balaban J connectivity index is 2.07. The van der Waals surface area contributed by atoms with Crippen LogP contribution in [0.25, 0.3) is 10.8 Å². The van der Waals surface area contributed by atoms with Crippen molar-refractivity contribution in [1.29, 1.82) is 0 Å². The van der Waals surface area contributed by atoms with Crippen LogP contribution in [0.1, 0.15) is 23.2 Å². The molecule has 0 saturated heterocycles. The Morgan fingerprint density at radius 1 is 1.12 bits per heavy atom. The van der Waals surface area contributed by atoms with Crippen molar-refractivity contribution < 1.29 is 9.90 Å². The number of hydrogen-bond acceptors (Lipinski definition) is 2. The largest absolute Gasteiger partial charge is 0.385 e. The van der Waals surface area contributed by atoms with E-state index in [9.17, 15) is 9.90 Å². The number of Topliss-reactive ketones (excluding diaryl/α,β-unsaturated/α-hetero) is 1. The molecule has 1 unspecified atom stereocenters. The lowest BCUT2D eigenvalue weighted by Crippen LogP contribution is -2.22. The molecule has 0 aromatic heterocycles. The summed E-state index contributed by atoms with van der Waals surface area (Å²) in [6, 6.07) is 13.4. The number of ketones is 1. The second kappa shape index (κ2) is 3.97. The number of aliphatic hydroxyl groups excluding tert-OH is 1. The Hall–Kier alpha value is -1.67. The number of rotatable bonds is 3. The van der Waals surface area contributed by atoms with Crippen LogP contribution in [0.5, 0.6) is 0 Å². The van der Waals surface area contributed by atoms with E-state index in [1.165, 1.54) is 0 Å². The third-order valence-corrected chi connectivity index (χ3v) is 3.39. The molecule has 0 aliphatic heterocycles. The molecule has 2 aromatic rings. The van der Waals surface area contributed by atoms with Gasteiger partial charge in [0.2, 0.25) is 0 Å². The lowest BCUT2D eigenvalue weighted by molar-refractivity contribution is 0.0706. The quantitative estimate of drug-likeness (QED) is 0.817. The van der Waals surface area contributed by atoms with Crippen LogP contribution in [0.3, 0.4) is 0 Å². The van der Waals surface area contributed by atoms with Crippen molar-refractivity contribution in [3.8, 4) is 0 Å². The Labute approximate surface area is 99.9 Å². The summed E-state index contributed by atoms with van der Waals surface area (Å²) in [5, 5.41) is 11.9. The molecule has 1 N–H and O–H groups in total. The standard InChI is InChI=1S/C15H14O2/c16-14(11-8-9-11)15(17)13-7-3-5-10-4-1-2-6-12(10)13/h1-7,11,14,16H,8-9H2. The van der Waals surface area contributed by atoms with Gasteiger partial charge in [0.05, 0.1) is 0 Å². The van der Waals surface area contributed by atoms with Gasteiger partial charge in [-0.25, -0.2) is 0 Å². The highest BCUT2D eigenvalue weighted by Crippen LogP contribution is 2.34. The third kappa shape index (κ3) is 1.85. The maximum Gasteiger partial charge on any atom is 0.192 e. The Bertz CT molecular complexity index is 565. The van der Waals surface area contributed by atoms with Gasteiger partial charge in [-0.15, -0.1) is 0 Å². The van der Waals surface area contributed by atoms with Crippen molar-refractivity contribution in [3.63, 3.8) is 0 Å². The van der Waals surface area contributed by atoms with Gasteiger partial charge in [0.15, 0.2) is 5.78 Å². The van der Waals surface area contributed by atoms with Crippen LogP contribution in [0.15, 0.2) is 42.5 Å². The fraction of sp³-hybridized carbons (Fsp3) is 0.267. The van der Waals surface area contributed by atoms with E-state index in [0.717, 1.165) is 23.6 Å². The summed E-state index contributed by atoms with van der Waals surface area (Å²) in [5.74, 6) is 0.0470. The second-order valence-corrected chi connectivity index (χ2v) is 4.67. The maximum atomic E-state index is 12.2. The van der Waals surface area contributed by atoms with E-state index in [2.05, 4.69) is 0 Å². The normalized spacial score (nSPS) is 17.0. The fourth-order valence-electron chi connectivity index (χ4n) is 2.23. The predicted molar refractivity (Wildman–Crippen MR) is 67.0 cm³/mol. The molecule has 0 spiro atoms. The first-order valence-electron chi connectivity index (χ1n) is 5.97. The van der Waals surface area contributed by atoms with Gasteiger partial charge in [0, 0.05) is 5.56 Å². The summed E-state index contributed by atoms with van der Waals surface area (Å²) in [7, 11) is 0. The highest BCUT2D eigenvalue weighted by atomic mass is 16.3. The van der Waals surface area contributed by atoms with Crippen LogP contribution in [-0.4, -0.2) is 17.0 Å². The van der Waals surface area contributed by atoms with Crippen LogP contribution in [-0.2, 0) is 0 Å². The smallest absolute Gasteiger partial charge is 0.192 e. The fourth-order valence-corrected chi connectivity index (χ4v) is 2.23. The van der Waals surface area contributed by atoms with Gasteiger partial charge in [0.1, 0.15) is 6.10 Å². The van der Waals surface area contributed by atoms with Crippen molar-refractivity contribution in [1.82, 2.24) is 0 Å². The Kier molecular flexibility index (Phi) is 2.45. The Morgan fingerprint density at radius 3 is 2.59 bits per heavy atom. The molecule has 1 saturated carbocycles. The summed E-state index contributed by atoms with van der Waals surface area (Å²) in [5.41, 5.74) is 0.641. The van der Waals surface area contributed by atoms with Crippen LogP contribution >= 0.6 is 0 Å². The summed E-state index contributed by atoms with van der Waals surface area (Å²) in [6.45, 7) is 0. The van der Waals surface area contributed by atoms with E-state index >= 15 is 0 Å². The first kappa shape index (κ1) is 10.5. The van der Waals surface area contributed by atoms with Crippen LogP contribution in [0.2, 0.25) is 0 Å². The molecule has 0 radical (unpaired) electrons. The minimum atomic E-state index is -0.819. The highest BCUT2D eigenvalue weighted by molar-refractivity contribution is 6.10. The van der Waals surface area contributed by atoms with Gasteiger partial charge < -0.3 is 5.11 Å². The summed E-state index contributed by atoms with van der Waals surface area (Å²) >= 11 is 0. The topological polar surface area (TPSA) is 37.3 Å². The molecule has 2 nitrogen and oxygen atoms in total. The molecule has 3 rings (SSSR count). The molecular weight excluding hydrogens is 212 g/mol. The lowest BCUT2D eigenvalue weighted by atomic mass is 9.97. The average molecular weight is 226 g/mol. The predicted octanol–water partition coefficient (Wildman–Crippen LogP) is 2.79. The summed E-state index contributed by atoms with van der Waals surface area (Å²) in [4.78, 5) is 12.2. The molecule has 86 valence electrons. The number of carbonyl (C=O) groups excluding carboxylic acids is 1. The van der Waals surface area contributed by atoms with Gasteiger partial charge in [-0.05, 0) is 29.5 Å². The molecule has 1 atom stereocenters. The number of aliphatic hydroxyl groups is 1. The average Bonchev–Trinajstić information content (AvgIpc) is 3.20. The number of hydrogen-bond donors (Lipinski definition) is 1. The zero-order valence-electron chi connectivity index (χ0n) is 9.47. The minimum absolute atomic E-state index is 0.135. The Morgan fingerprint density at radius 2 is 1.82 bits per heavy atom. The van der Waals surface area contributed by atoms with Crippen molar-refractivity contribution >= 4 is 16.6 Å². The number of fused-ring (bicyclic) bond motifs is 1. The maximum absolute atomic E-state index is 12.2. The first-order valence-corrected chi connectivity index (χ1v) is 5.97. The van der Waals surface area contributed by atoms with E-state index in [4.69, 9.17) is 0 Å². The third-order valence-electron chi connectivity index (χ3n) is 3.39. The van der Waals surface area contributed by atoms with Gasteiger partial charge >= 0.3 is 0 Å². The van der Waals surface area contributed by atoms with Gasteiger partial charge in [-0.2, -0.15) is 0 Å². The van der Waals surface area contributed by atoms with Crippen LogP contribution < -0.4 is 0 Å². The molecule has 1 aliphatic carbocycles. The van der Waals surface area contributed by atoms with E-state index in [0.29, 0.717) is 5.56 Å². The molecule has 2 heteroatoms. The molecular formula is C15H14O2. The summed E-state index contributed by atoms with van der Waals surface area (Å²) in [6.07, 6.45) is 1.12. The zero-order chi connectivity index (χ0) is 11.8. The molecule has 2 aromatic carbocycles. The van der Waals surface area contributed by atoms with Crippen LogP contribution in [0, 0.1) is 5.92 Å². The van der Waals surface area contributed by atoms with E-state index in [1.807, 2.05) is 36.4 Å². The van der Waals surface area contributed by atoms with Crippen LogP contribution in [0.4, 0.5) is 0 Å². The summed E-state index contributed by atoms with van der Waals surface area (Å²) < 4.78 is 0. The SMILES string of the molecule is O=C(c1cccc2ccccc12)C(O)C1CC1. The van der Waals surface area contributed by atoms with Crippen molar-refractivity contribution in [2.75, 3.05) is 0 Å². The molecule has 1 fully saturated rings. The lowest BCUT2D eigenvalue weighted by Gasteiger charge is -2.10. The molecule has 17 heavy (non-hydrogen) atoms. The molecule has 0 bridgehead atoms. The monoisotopic (exact) mass is 226 g/mol. The zero-order valence-corrected chi connectivity index (χ0v) is 9.47. The van der Waals surface area contributed by atoms with Gasteiger partial charge in [0.25, 0.3) is 0 Å². The van der Waals surface area contributed by atoms with E-state index < -0.39 is 6.10 Å². The highest BCUT2D eigenvalue weighted by Gasteiger charge is 2.35. The molecule has 0 amide bonds. The molecule has 0 heterocycles. The van der Waals surface area contributed by atoms with Gasteiger partial charge in [-0.3, -0.25) is 4.79 Å². The van der Waals surface area contributed by atoms with Gasteiger partial charge in [-0.1, -0.05) is 42.5 Å². The second-order valence-electron chi connectivity index (χ2n) is 4.67. The molecule has 1 aliphatic rings. The van der Waals surface area contributed by atoms with Crippen molar-refractivity contribution in [2.45, 2.75) is 18.9 Å². The van der Waals surface area contributed by atoms with Crippen molar-refractivity contribution in [2.24, 2.45) is 5.92 Å². The van der Waals surface area contributed by atoms with Crippen molar-refractivity contribution in [3.05, 3.63) is 48.0 Å². The number of benzene rings is 2. The number of carbonyl (C=O) groups is 1.